The Morgan fingerprint density at radius 1 is 1.29 bits per heavy atom. The fraction of sp³-hybridized carbons (Fsp3) is 0.548. The molecule has 0 aliphatic heterocycles. The summed E-state index contributed by atoms with van der Waals surface area (Å²) in [6.45, 7) is 12.5. The van der Waals surface area contributed by atoms with Crippen LogP contribution in [0.15, 0.2) is 54.7 Å². The molecule has 0 amide bonds. The van der Waals surface area contributed by atoms with Gasteiger partial charge in [-0.3, -0.25) is 9.59 Å². The quantitative estimate of drug-likeness (QED) is 0.398. The van der Waals surface area contributed by atoms with Gasteiger partial charge in [0, 0.05) is 18.3 Å². The maximum atomic E-state index is 13.0. The van der Waals surface area contributed by atoms with Crippen molar-refractivity contribution in [3.63, 3.8) is 0 Å². The first-order valence-corrected chi connectivity index (χ1v) is 13.3. The number of ether oxygens (including phenoxy) is 1. The number of ketones is 1. The highest BCUT2D eigenvalue weighted by Crippen LogP contribution is 2.62. The molecule has 5 unspecified atom stereocenters. The van der Waals surface area contributed by atoms with Crippen LogP contribution in [0.4, 0.5) is 0 Å². The number of carbonyl (C=O) groups is 2. The van der Waals surface area contributed by atoms with Gasteiger partial charge in [0.05, 0.1) is 0 Å². The number of aryl methyl sites for hydroxylation is 1. The Morgan fingerprint density at radius 3 is 2.74 bits per heavy atom. The molecule has 0 saturated heterocycles. The monoisotopic (exact) mass is 478 g/mol. The van der Waals surface area contributed by atoms with Crippen molar-refractivity contribution < 1.29 is 19.4 Å². The third-order valence-electron chi connectivity index (χ3n) is 8.44. The largest absolute Gasteiger partial charge is 0.489 e. The van der Waals surface area contributed by atoms with Crippen LogP contribution in [0.5, 0.6) is 5.75 Å². The Hall–Kier alpha value is -2.62. The van der Waals surface area contributed by atoms with Crippen LogP contribution in [0, 0.1) is 23.2 Å². The van der Waals surface area contributed by atoms with Gasteiger partial charge in [-0.25, -0.2) is 0 Å². The fourth-order valence-corrected chi connectivity index (χ4v) is 6.84. The second-order valence-electron chi connectivity index (χ2n) is 10.2. The minimum atomic E-state index is -0.759. The van der Waals surface area contributed by atoms with E-state index < -0.39 is 5.97 Å². The van der Waals surface area contributed by atoms with Crippen molar-refractivity contribution in [2.24, 2.45) is 23.2 Å². The Labute approximate surface area is 211 Å². The van der Waals surface area contributed by atoms with Crippen LogP contribution in [0.1, 0.15) is 83.3 Å². The second-order valence-corrected chi connectivity index (χ2v) is 10.2. The molecule has 1 aromatic carbocycles. The van der Waals surface area contributed by atoms with E-state index >= 15 is 0 Å². The average molecular weight is 479 g/mol. The smallest absolute Gasteiger partial charge is 0.303 e. The first kappa shape index (κ1) is 27.0. The Morgan fingerprint density at radius 2 is 2.06 bits per heavy atom. The zero-order valence-electron chi connectivity index (χ0n) is 21.9. The summed E-state index contributed by atoms with van der Waals surface area (Å²) in [7, 11) is 0. The normalized spacial score (nSPS) is 29.5. The van der Waals surface area contributed by atoms with Crippen LogP contribution >= 0.6 is 0 Å². The highest BCUT2D eigenvalue weighted by atomic mass is 16.5. The van der Waals surface area contributed by atoms with Gasteiger partial charge in [-0.05, 0) is 91.5 Å². The van der Waals surface area contributed by atoms with Crippen molar-refractivity contribution in [1.82, 2.24) is 0 Å². The summed E-state index contributed by atoms with van der Waals surface area (Å²) in [4.78, 5) is 24.2. The predicted octanol–water partition coefficient (Wildman–Crippen LogP) is 7.30. The SMILES string of the molecule is C=C/C(=C\C=C/C)COc1ccc2c(c1)CCC1C2CCC2(C)C(=O)CC(CCC(=O)O)C12.CC. The standard InChI is InChI=1S/C29H36O4.C2H6/c1-4-6-7-19(5-2)18-33-22-10-12-23-20(16-22)8-11-25-24(23)14-15-29(3)26(30)17-21(28(25)29)9-13-27(31)32;1-2/h4-7,10,12,16,21,24-25,28H,2,8-9,11,13-15,17-18H2,1,3H3,(H,31,32);1-2H3/b6-4-,19-7+;. The topological polar surface area (TPSA) is 63.6 Å². The van der Waals surface area contributed by atoms with E-state index in [1.807, 2.05) is 45.1 Å². The van der Waals surface area contributed by atoms with Gasteiger partial charge in [-0.1, -0.05) is 57.7 Å². The van der Waals surface area contributed by atoms with E-state index in [1.165, 1.54) is 11.1 Å². The lowest BCUT2D eigenvalue weighted by Crippen LogP contribution is -2.44. The predicted molar refractivity (Wildman–Crippen MR) is 142 cm³/mol. The van der Waals surface area contributed by atoms with Crippen molar-refractivity contribution in [3.05, 3.63) is 65.8 Å². The highest BCUT2D eigenvalue weighted by molar-refractivity contribution is 5.87. The summed E-state index contributed by atoms with van der Waals surface area (Å²) in [6.07, 6.45) is 13.2. The summed E-state index contributed by atoms with van der Waals surface area (Å²) < 4.78 is 6.06. The molecular formula is C31H42O4. The number of hydrogen-bond donors (Lipinski definition) is 1. The number of fused-ring (bicyclic) bond motifs is 5. The maximum Gasteiger partial charge on any atom is 0.303 e. The van der Waals surface area contributed by atoms with Gasteiger partial charge in [-0.2, -0.15) is 0 Å². The van der Waals surface area contributed by atoms with Crippen molar-refractivity contribution in [1.29, 1.82) is 0 Å². The van der Waals surface area contributed by atoms with Crippen LogP contribution in [-0.2, 0) is 16.0 Å². The van der Waals surface area contributed by atoms with Gasteiger partial charge in [0.25, 0.3) is 0 Å². The number of rotatable bonds is 8. The van der Waals surface area contributed by atoms with Gasteiger partial charge >= 0.3 is 5.97 Å². The molecule has 5 atom stereocenters. The van der Waals surface area contributed by atoms with Gasteiger partial charge < -0.3 is 9.84 Å². The summed E-state index contributed by atoms with van der Waals surface area (Å²) >= 11 is 0. The first-order valence-electron chi connectivity index (χ1n) is 13.3. The number of allylic oxidation sites excluding steroid dienone is 3. The minimum Gasteiger partial charge on any atom is -0.489 e. The van der Waals surface area contributed by atoms with Crippen molar-refractivity contribution >= 4 is 11.8 Å². The molecule has 4 heteroatoms. The van der Waals surface area contributed by atoms with E-state index in [0.717, 1.165) is 37.0 Å². The number of Topliss-reactive ketones (excluding diaryl/α,β-unsaturated/α-hetero) is 1. The zero-order valence-corrected chi connectivity index (χ0v) is 21.9. The fourth-order valence-electron chi connectivity index (χ4n) is 6.84. The van der Waals surface area contributed by atoms with Crippen LogP contribution in [0.2, 0.25) is 0 Å². The lowest BCUT2D eigenvalue weighted by Gasteiger charge is -2.50. The number of benzene rings is 1. The van der Waals surface area contributed by atoms with Gasteiger partial charge in [-0.15, -0.1) is 0 Å². The molecule has 35 heavy (non-hydrogen) atoms. The molecule has 3 aliphatic rings. The molecule has 0 radical (unpaired) electrons. The molecule has 0 aromatic heterocycles. The summed E-state index contributed by atoms with van der Waals surface area (Å²) in [5, 5.41) is 9.22. The Balaban J connectivity index is 0.00000167. The number of aliphatic carboxylic acids is 1. The lowest BCUT2D eigenvalue weighted by molar-refractivity contribution is -0.137. The van der Waals surface area contributed by atoms with Crippen molar-refractivity contribution in [2.45, 2.75) is 78.6 Å². The number of carboxylic acid groups (broad SMARTS) is 1. The molecule has 0 bridgehead atoms. The summed E-state index contributed by atoms with van der Waals surface area (Å²) in [5.74, 6) is 1.92. The highest BCUT2D eigenvalue weighted by Gasteiger charge is 2.58. The molecule has 4 nitrogen and oxygen atoms in total. The van der Waals surface area contributed by atoms with Crippen LogP contribution < -0.4 is 4.74 Å². The lowest BCUT2D eigenvalue weighted by atomic mass is 9.54. The Bertz CT molecular complexity index is 988. The molecule has 0 heterocycles. The van der Waals surface area contributed by atoms with Crippen molar-refractivity contribution in [2.75, 3.05) is 6.61 Å². The van der Waals surface area contributed by atoms with Gasteiger partial charge in [0.1, 0.15) is 18.1 Å². The third-order valence-corrected chi connectivity index (χ3v) is 8.44. The summed E-state index contributed by atoms with van der Waals surface area (Å²) in [5.41, 5.74) is 3.54. The van der Waals surface area contributed by atoms with E-state index in [2.05, 4.69) is 31.7 Å². The second kappa shape index (κ2) is 11.9. The molecule has 2 saturated carbocycles. The van der Waals surface area contributed by atoms with Gasteiger partial charge in [0.2, 0.25) is 0 Å². The number of carbonyl (C=O) groups excluding carboxylic acids is 1. The first-order chi connectivity index (χ1) is 16.9. The molecule has 0 spiro atoms. The Kier molecular flexibility index (Phi) is 9.15. The van der Waals surface area contributed by atoms with Crippen molar-refractivity contribution in [3.8, 4) is 5.75 Å². The summed E-state index contributed by atoms with van der Waals surface area (Å²) in [6, 6.07) is 6.50. The van der Waals surface area contributed by atoms with Crippen LogP contribution in [-0.4, -0.2) is 23.5 Å². The van der Waals surface area contributed by atoms with E-state index in [9.17, 15) is 14.7 Å². The van der Waals surface area contributed by atoms with Crippen LogP contribution in [0.3, 0.4) is 0 Å². The van der Waals surface area contributed by atoms with E-state index in [-0.39, 0.29) is 17.8 Å². The van der Waals surface area contributed by atoms with Gasteiger partial charge in [0.15, 0.2) is 0 Å². The van der Waals surface area contributed by atoms with E-state index in [4.69, 9.17) is 4.74 Å². The molecule has 1 N–H and O–H groups in total. The van der Waals surface area contributed by atoms with E-state index in [1.54, 1.807) is 0 Å². The zero-order chi connectivity index (χ0) is 25.6. The number of hydrogen-bond acceptors (Lipinski definition) is 3. The minimum absolute atomic E-state index is 0.161. The third kappa shape index (κ3) is 5.63. The molecule has 3 aliphatic carbocycles. The number of carboxylic acids is 1. The maximum absolute atomic E-state index is 13.0. The molecule has 4 rings (SSSR count). The molecular weight excluding hydrogens is 436 g/mol. The molecule has 1 aromatic rings. The molecule has 2 fully saturated rings. The molecule has 190 valence electrons. The van der Waals surface area contributed by atoms with Crippen LogP contribution in [0.25, 0.3) is 0 Å². The van der Waals surface area contributed by atoms with E-state index in [0.29, 0.717) is 43.0 Å². The average Bonchev–Trinajstić information content (AvgIpc) is 3.13.